The number of hydrogen-bond donors (Lipinski definition) is 0. The van der Waals surface area contributed by atoms with E-state index >= 15 is 0 Å². The van der Waals surface area contributed by atoms with Gasteiger partial charge in [0.25, 0.3) is 0 Å². The molecule has 0 N–H and O–H groups in total. The van der Waals surface area contributed by atoms with Crippen molar-refractivity contribution in [2.24, 2.45) is 0 Å². The monoisotopic (exact) mass is 264 g/mol. The molecule has 0 aliphatic rings. The van der Waals surface area contributed by atoms with Crippen molar-refractivity contribution in [2.45, 2.75) is 5.82 Å². The van der Waals surface area contributed by atoms with E-state index in [2.05, 4.69) is 45.7 Å². The van der Waals surface area contributed by atoms with Crippen LogP contribution in [0.15, 0.2) is 30.3 Å². The van der Waals surface area contributed by atoms with Crippen molar-refractivity contribution in [1.29, 1.82) is 0 Å². The third-order valence-corrected chi connectivity index (χ3v) is 4.78. The fourth-order valence-electron chi connectivity index (χ4n) is 0.692. The summed E-state index contributed by atoms with van der Waals surface area (Å²) in [5.41, 5.74) is 1.34. The summed E-state index contributed by atoms with van der Waals surface area (Å²) in [5.74, 6) is 2.21. The van der Waals surface area contributed by atoms with E-state index in [4.69, 9.17) is 0 Å². The third kappa shape index (κ3) is 2.07. The summed E-state index contributed by atoms with van der Waals surface area (Å²) in [5, 5.41) is 0. The van der Waals surface area contributed by atoms with Gasteiger partial charge < -0.3 is 0 Å². The molecule has 52 valence electrons. The first-order valence-corrected chi connectivity index (χ1v) is 6.40. The first-order chi connectivity index (χ1) is 4.84. The van der Waals surface area contributed by atoms with Gasteiger partial charge in [0.1, 0.15) is 0 Å². The molecule has 2 heteroatoms. The van der Waals surface area contributed by atoms with Crippen LogP contribution in [0.25, 0.3) is 0 Å². The predicted molar refractivity (Wildman–Crippen MR) is 47.9 cm³/mol. The molecule has 0 heterocycles. The minimum atomic E-state index is 0.599. The molecule has 0 bridgehead atoms. The molecular weight excluding hydrogens is 254 g/mol. The van der Waals surface area contributed by atoms with Gasteiger partial charge in [-0.2, -0.15) is 0 Å². The molecule has 0 aliphatic carbocycles. The summed E-state index contributed by atoms with van der Waals surface area (Å²) >= 11 is 3.69. The van der Waals surface area contributed by atoms with Crippen LogP contribution in [0.4, 0.5) is 0 Å². The average Bonchev–Trinajstić information content (AvgIpc) is 2.05. The topological polar surface area (TPSA) is 0 Å². The molecule has 0 unspecified atom stereocenters. The second kappa shape index (κ2) is 4.10. The van der Waals surface area contributed by atoms with Gasteiger partial charge in [0.2, 0.25) is 0 Å². The van der Waals surface area contributed by atoms with E-state index in [-0.39, 0.29) is 0 Å². The van der Waals surface area contributed by atoms with Gasteiger partial charge in [-0.05, 0) is 0 Å². The molecule has 10 heavy (non-hydrogen) atoms. The van der Waals surface area contributed by atoms with Gasteiger partial charge in [-0.25, -0.2) is 0 Å². The number of rotatable bonds is 2. The van der Waals surface area contributed by atoms with E-state index in [9.17, 15) is 0 Å². The van der Waals surface area contributed by atoms with Crippen LogP contribution < -0.4 is 0 Å². The summed E-state index contributed by atoms with van der Waals surface area (Å²) in [6, 6.07) is 10.4. The molecule has 0 amide bonds. The summed E-state index contributed by atoms with van der Waals surface area (Å²) in [6.45, 7) is 0. The molecule has 0 radical (unpaired) electrons. The molecule has 1 aromatic carbocycles. The fraction of sp³-hybridized carbons (Fsp3) is 0.125. The minimum absolute atomic E-state index is 0.599. The van der Waals surface area contributed by atoms with Gasteiger partial charge in [-0.1, -0.05) is 0 Å². The molecule has 0 aromatic heterocycles. The number of hydrogen-bond acceptors (Lipinski definition) is 0. The zero-order chi connectivity index (χ0) is 7.40. The Balaban J connectivity index is 2.85. The zero-order valence-corrected chi connectivity index (χ0v) is 9.13. The van der Waals surface area contributed by atoms with E-state index in [1.807, 2.05) is 6.07 Å². The Morgan fingerprint density at radius 2 is 1.90 bits per heavy atom. The average molecular weight is 262 g/mol. The van der Waals surface area contributed by atoms with Crippen LogP contribution in [0.3, 0.4) is 0 Å². The molecule has 0 spiro atoms. The molecule has 0 atom stereocenters. The summed E-state index contributed by atoms with van der Waals surface area (Å²) in [7, 11) is 0. The maximum atomic E-state index is 3.09. The Kier molecular flexibility index (Phi) is 3.37. The van der Waals surface area contributed by atoms with Gasteiger partial charge in [0, 0.05) is 0 Å². The van der Waals surface area contributed by atoms with Crippen LogP contribution >= 0.6 is 0 Å². The van der Waals surface area contributed by atoms with E-state index in [1.54, 1.807) is 0 Å². The van der Waals surface area contributed by atoms with Crippen molar-refractivity contribution in [3.05, 3.63) is 35.9 Å². The van der Waals surface area contributed by atoms with Crippen molar-refractivity contribution >= 4 is 33.8 Å². The van der Waals surface area contributed by atoms with Crippen molar-refractivity contribution < 1.29 is 0 Å². The number of benzene rings is 1. The molecule has 1 aromatic rings. The van der Waals surface area contributed by atoms with Gasteiger partial charge in [-0.3, -0.25) is 0 Å². The molecule has 0 fully saturated rings. The first-order valence-electron chi connectivity index (χ1n) is 2.98. The zero-order valence-electron chi connectivity index (χ0n) is 5.70. The van der Waals surface area contributed by atoms with Gasteiger partial charge in [0.15, 0.2) is 0 Å². The van der Waals surface area contributed by atoms with Crippen molar-refractivity contribution in [3.63, 3.8) is 0 Å². The Hall–Kier alpha value is 0.129. The van der Waals surface area contributed by atoms with Crippen LogP contribution in [0.2, 0.25) is 5.82 Å². The second-order valence-electron chi connectivity index (χ2n) is 1.86. The summed E-state index contributed by atoms with van der Waals surface area (Å²) in [6.07, 6.45) is 0. The van der Waals surface area contributed by atoms with Crippen LogP contribution in [-0.2, 0) is 0 Å². The van der Waals surface area contributed by atoms with Gasteiger partial charge in [-0.15, -0.1) is 0 Å². The summed E-state index contributed by atoms with van der Waals surface area (Å²) in [4.78, 5) is 0. The van der Waals surface area contributed by atoms with Crippen LogP contribution in [0.5, 0.6) is 0 Å². The van der Waals surface area contributed by atoms with Crippen molar-refractivity contribution in [1.82, 2.24) is 0 Å². The molecule has 0 saturated carbocycles. The van der Waals surface area contributed by atoms with Gasteiger partial charge >= 0.3 is 75.6 Å². The van der Waals surface area contributed by atoms with E-state index < -0.39 is 0 Å². The Morgan fingerprint density at radius 1 is 1.30 bits per heavy atom. The molecule has 0 aliphatic heterocycles. The van der Waals surface area contributed by atoms with Crippen LogP contribution in [-0.4, -0.2) is 33.8 Å². The first kappa shape index (κ1) is 8.23. The standard InChI is InChI=1S/C8H8Se2/c1-10-8(9)7-5-3-2-4-6-7/h2-6H,1H3. The van der Waals surface area contributed by atoms with Crippen LogP contribution in [0, 0.1) is 0 Å². The third-order valence-electron chi connectivity index (χ3n) is 1.19. The van der Waals surface area contributed by atoms with E-state index in [0.717, 1.165) is 0 Å². The summed E-state index contributed by atoms with van der Waals surface area (Å²) < 4.78 is 1.40. The Morgan fingerprint density at radius 3 is 2.40 bits per heavy atom. The van der Waals surface area contributed by atoms with Crippen LogP contribution in [0.1, 0.15) is 5.56 Å². The molecular formula is C8H8Se2. The van der Waals surface area contributed by atoms with E-state index in [1.165, 1.54) is 8.88 Å². The maximum absolute atomic E-state index is 3.09. The fourth-order valence-corrected chi connectivity index (χ4v) is 1.76. The SMILES string of the molecule is C[Se]C(=[Se])c1ccccc1. The quantitative estimate of drug-likeness (QED) is 0.700. The van der Waals surface area contributed by atoms with E-state index in [0.29, 0.717) is 15.0 Å². The molecule has 1 rings (SSSR count). The normalized spacial score (nSPS) is 9.30. The van der Waals surface area contributed by atoms with Gasteiger partial charge in [0.05, 0.1) is 0 Å². The second-order valence-corrected chi connectivity index (χ2v) is 5.74. The Bertz CT molecular complexity index is 216. The predicted octanol–water partition coefficient (Wildman–Crippen LogP) is 1.09. The van der Waals surface area contributed by atoms with Crippen molar-refractivity contribution in [3.8, 4) is 0 Å². The Labute approximate surface area is 75.5 Å². The van der Waals surface area contributed by atoms with Crippen molar-refractivity contribution in [2.75, 3.05) is 0 Å². The molecule has 0 nitrogen and oxygen atoms in total. The molecule has 0 saturated heterocycles.